The van der Waals surface area contributed by atoms with Crippen LogP contribution in [-0.2, 0) is 0 Å². The number of nitrogens with zero attached hydrogens (tertiary/aromatic N) is 3. The molecule has 2 atom stereocenters. The molecule has 0 bridgehead atoms. The lowest BCUT2D eigenvalue weighted by molar-refractivity contribution is -0.0444. The Hall–Kier alpha value is -0.630. The minimum Gasteiger partial charge on any atom is -0.379 e. The fourth-order valence-electron chi connectivity index (χ4n) is 1.55. The Labute approximate surface area is 79.4 Å². The zero-order valence-electron chi connectivity index (χ0n) is 8.27. The molecule has 1 aliphatic heterocycles. The molecule has 0 spiro atoms. The van der Waals surface area contributed by atoms with Crippen molar-refractivity contribution in [3.63, 3.8) is 0 Å². The van der Waals surface area contributed by atoms with Gasteiger partial charge in [-0.1, -0.05) is 0 Å². The van der Waals surface area contributed by atoms with E-state index in [1.165, 1.54) is 0 Å². The molecule has 1 saturated heterocycles. The van der Waals surface area contributed by atoms with Crippen LogP contribution in [0.25, 0.3) is 0 Å². The molecule has 0 radical (unpaired) electrons. The minimum atomic E-state index is -0.409. The third-order valence-corrected chi connectivity index (χ3v) is 2.52. The van der Waals surface area contributed by atoms with E-state index in [9.17, 15) is 5.11 Å². The number of aliphatic hydroxyl groups excluding tert-OH is 1. The van der Waals surface area contributed by atoms with Crippen molar-refractivity contribution in [2.24, 2.45) is 0 Å². The van der Waals surface area contributed by atoms with Gasteiger partial charge < -0.3 is 5.11 Å². The summed E-state index contributed by atoms with van der Waals surface area (Å²) in [7, 11) is 0. The van der Waals surface area contributed by atoms with Crippen LogP contribution in [0.3, 0.4) is 0 Å². The van der Waals surface area contributed by atoms with Gasteiger partial charge in [0, 0.05) is 13.1 Å². The monoisotopic (exact) mass is 183 g/mol. The summed E-state index contributed by atoms with van der Waals surface area (Å²) in [6, 6.07) is 2.16. The standard InChI is InChI=1S/C9H17N3O/c1-8(6-10)11-4-3-5-12(7-11)9(2)13/h8-9,13H,3-5,7H2,1-2H3. The molecule has 1 heterocycles. The van der Waals surface area contributed by atoms with Crippen molar-refractivity contribution in [2.75, 3.05) is 19.8 Å². The molecule has 13 heavy (non-hydrogen) atoms. The lowest BCUT2D eigenvalue weighted by Crippen LogP contribution is -2.50. The first-order chi connectivity index (χ1) is 6.15. The van der Waals surface area contributed by atoms with Crippen molar-refractivity contribution in [1.82, 2.24) is 9.80 Å². The van der Waals surface area contributed by atoms with Crippen molar-refractivity contribution >= 4 is 0 Å². The smallest absolute Gasteiger partial charge is 0.105 e. The average molecular weight is 183 g/mol. The Morgan fingerprint density at radius 1 is 1.31 bits per heavy atom. The van der Waals surface area contributed by atoms with Crippen LogP contribution in [0.2, 0.25) is 0 Å². The second-order valence-corrected chi connectivity index (χ2v) is 3.56. The van der Waals surface area contributed by atoms with Crippen LogP contribution in [0, 0.1) is 11.3 Å². The van der Waals surface area contributed by atoms with Crippen LogP contribution < -0.4 is 0 Å². The summed E-state index contributed by atoms with van der Waals surface area (Å²) in [6.45, 7) is 6.24. The lowest BCUT2D eigenvalue weighted by atomic mass is 10.2. The van der Waals surface area contributed by atoms with E-state index in [0.717, 1.165) is 19.5 Å². The Morgan fingerprint density at radius 3 is 2.46 bits per heavy atom. The second kappa shape index (κ2) is 4.56. The summed E-state index contributed by atoms with van der Waals surface area (Å²) in [5, 5.41) is 18.1. The molecule has 74 valence electrons. The van der Waals surface area contributed by atoms with E-state index >= 15 is 0 Å². The van der Waals surface area contributed by atoms with Gasteiger partial charge in [-0.3, -0.25) is 9.80 Å². The maximum absolute atomic E-state index is 9.37. The van der Waals surface area contributed by atoms with Crippen LogP contribution in [0.5, 0.6) is 0 Å². The normalized spacial score (nSPS) is 25.1. The number of hydrogen-bond acceptors (Lipinski definition) is 4. The van der Waals surface area contributed by atoms with Crippen molar-refractivity contribution in [3.8, 4) is 6.07 Å². The Balaban J connectivity index is 2.47. The highest BCUT2D eigenvalue weighted by Crippen LogP contribution is 2.10. The third kappa shape index (κ3) is 2.66. The lowest BCUT2D eigenvalue weighted by Gasteiger charge is -2.38. The summed E-state index contributed by atoms with van der Waals surface area (Å²) < 4.78 is 0. The zero-order chi connectivity index (χ0) is 9.84. The van der Waals surface area contributed by atoms with Crippen molar-refractivity contribution in [1.29, 1.82) is 5.26 Å². The highest BCUT2D eigenvalue weighted by atomic mass is 16.3. The van der Waals surface area contributed by atoms with Gasteiger partial charge in [0.25, 0.3) is 0 Å². The number of rotatable bonds is 2. The molecule has 0 aromatic rings. The third-order valence-electron chi connectivity index (χ3n) is 2.52. The van der Waals surface area contributed by atoms with E-state index in [-0.39, 0.29) is 6.04 Å². The fourth-order valence-corrected chi connectivity index (χ4v) is 1.55. The van der Waals surface area contributed by atoms with E-state index in [1.54, 1.807) is 6.92 Å². The van der Waals surface area contributed by atoms with Crippen LogP contribution in [0.1, 0.15) is 20.3 Å². The zero-order valence-corrected chi connectivity index (χ0v) is 8.27. The summed E-state index contributed by atoms with van der Waals surface area (Å²) in [6.07, 6.45) is 0.616. The van der Waals surface area contributed by atoms with Gasteiger partial charge in [-0.25, -0.2) is 0 Å². The number of hydrogen-bond donors (Lipinski definition) is 1. The summed E-state index contributed by atoms with van der Waals surface area (Å²) in [4.78, 5) is 4.05. The van der Waals surface area contributed by atoms with Gasteiger partial charge in [-0.15, -0.1) is 0 Å². The molecule has 0 aromatic heterocycles. The predicted molar refractivity (Wildman–Crippen MR) is 49.7 cm³/mol. The van der Waals surface area contributed by atoms with Crippen molar-refractivity contribution < 1.29 is 5.11 Å². The molecule has 1 aliphatic rings. The molecule has 4 nitrogen and oxygen atoms in total. The van der Waals surface area contributed by atoms with Crippen LogP contribution >= 0.6 is 0 Å². The van der Waals surface area contributed by atoms with Crippen LogP contribution in [-0.4, -0.2) is 46.9 Å². The highest BCUT2D eigenvalue weighted by molar-refractivity contribution is 4.89. The summed E-state index contributed by atoms with van der Waals surface area (Å²) in [5.74, 6) is 0. The first kappa shape index (κ1) is 10.5. The quantitative estimate of drug-likeness (QED) is 0.664. The van der Waals surface area contributed by atoms with E-state index in [2.05, 4.69) is 11.0 Å². The number of nitriles is 1. The number of aliphatic hydroxyl groups is 1. The SMILES string of the molecule is CC(O)N1CCCN(C(C)C#N)C1. The molecule has 0 amide bonds. The van der Waals surface area contributed by atoms with Gasteiger partial charge in [-0.05, 0) is 20.3 Å². The Morgan fingerprint density at radius 2 is 1.92 bits per heavy atom. The molecule has 1 fully saturated rings. The van der Waals surface area contributed by atoms with Gasteiger partial charge in [0.05, 0.1) is 18.8 Å². The van der Waals surface area contributed by atoms with Gasteiger partial charge in [0.1, 0.15) is 6.23 Å². The van der Waals surface area contributed by atoms with Crippen LogP contribution in [0.15, 0.2) is 0 Å². The molecule has 4 heteroatoms. The molecule has 1 N–H and O–H groups in total. The van der Waals surface area contributed by atoms with E-state index in [1.807, 2.05) is 11.8 Å². The van der Waals surface area contributed by atoms with Gasteiger partial charge in [0.15, 0.2) is 0 Å². The first-order valence-electron chi connectivity index (χ1n) is 4.71. The first-order valence-corrected chi connectivity index (χ1v) is 4.71. The second-order valence-electron chi connectivity index (χ2n) is 3.56. The minimum absolute atomic E-state index is 0.0541. The Bertz CT molecular complexity index is 200. The molecular formula is C9H17N3O. The maximum Gasteiger partial charge on any atom is 0.105 e. The van der Waals surface area contributed by atoms with Crippen molar-refractivity contribution in [2.45, 2.75) is 32.5 Å². The van der Waals surface area contributed by atoms with E-state index in [4.69, 9.17) is 5.26 Å². The molecule has 2 unspecified atom stereocenters. The highest BCUT2D eigenvalue weighted by Gasteiger charge is 2.23. The topological polar surface area (TPSA) is 50.5 Å². The van der Waals surface area contributed by atoms with Crippen molar-refractivity contribution in [3.05, 3.63) is 0 Å². The van der Waals surface area contributed by atoms with Gasteiger partial charge >= 0.3 is 0 Å². The molecule has 0 aliphatic carbocycles. The largest absolute Gasteiger partial charge is 0.379 e. The van der Waals surface area contributed by atoms with E-state index in [0.29, 0.717) is 6.67 Å². The predicted octanol–water partition coefficient (Wildman–Crippen LogP) is 0.202. The molecular weight excluding hydrogens is 166 g/mol. The van der Waals surface area contributed by atoms with E-state index < -0.39 is 6.23 Å². The summed E-state index contributed by atoms with van der Waals surface area (Å²) in [5.41, 5.74) is 0. The fraction of sp³-hybridized carbons (Fsp3) is 0.889. The average Bonchev–Trinajstić information content (AvgIpc) is 2.17. The molecule has 0 aromatic carbocycles. The van der Waals surface area contributed by atoms with Gasteiger partial charge in [0.2, 0.25) is 0 Å². The maximum atomic E-state index is 9.37. The van der Waals surface area contributed by atoms with Gasteiger partial charge in [-0.2, -0.15) is 5.26 Å². The Kier molecular flexibility index (Phi) is 3.67. The molecule has 1 rings (SSSR count). The summed E-state index contributed by atoms with van der Waals surface area (Å²) >= 11 is 0. The molecule has 0 saturated carbocycles. The van der Waals surface area contributed by atoms with Crippen LogP contribution in [0.4, 0.5) is 0 Å².